The van der Waals surface area contributed by atoms with Gasteiger partial charge in [-0.05, 0) is 24.1 Å². The summed E-state index contributed by atoms with van der Waals surface area (Å²) in [4.78, 5) is 25.5. The second kappa shape index (κ2) is 4.29. The molecule has 1 unspecified atom stereocenters. The van der Waals surface area contributed by atoms with Gasteiger partial charge in [0.1, 0.15) is 11.9 Å². The number of nitrogens with one attached hydrogen (secondary N) is 1. The van der Waals surface area contributed by atoms with Gasteiger partial charge in [-0.15, -0.1) is 0 Å². The Morgan fingerprint density at radius 3 is 2.67 bits per heavy atom. The standard InChI is InChI=1S/C12H13FN2O3/c1-6(2)10(11(16)17)15-9-4-3-7(13)5-8(9)14-12(15)18/h3-6,10H,1-2H3,(H,14,18)(H,16,17). The zero-order valence-electron chi connectivity index (χ0n) is 9.98. The molecule has 1 aromatic carbocycles. The zero-order valence-corrected chi connectivity index (χ0v) is 9.98. The minimum absolute atomic E-state index is 0.260. The minimum Gasteiger partial charge on any atom is -0.480 e. The lowest BCUT2D eigenvalue weighted by Gasteiger charge is -2.17. The molecule has 18 heavy (non-hydrogen) atoms. The summed E-state index contributed by atoms with van der Waals surface area (Å²) in [7, 11) is 0. The highest BCUT2D eigenvalue weighted by Gasteiger charge is 2.27. The molecule has 2 aromatic rings. The molecule has 1 heterocycles. The molecule has 0 bridgehead atoms. The average Bonchev–Trinajstić information content (AvgIpc) is 2.54. The lowest BCUT2D eigenvalue weighted by Crippen LogP contribution is -2.31. The van der Waals surface area contributed by atoms with E-state index in [4.69, 9.17) is 0 Å². The molecule has 0 saturated carbocycles. The Bertz CT molecular complexity index is 657. The van der Waals surface area contributed by atoms with Crippen LogP contribution in [-0.4, -0.2) is 20.6 Å². The fourth-order valence-electron chi connectivity index (χ4n) is 2.07. The number of imidazole rings is 1. The van der Waals surface area contributed by atoms with Crippen LogP contribution in [0.25, 0.3) is 11.0 Å². The number of halogens is 1. The number of hydrogen-bond donors (Lipinski definition) is 2. The quantitative estimate of drug-likeness (QED) is 0.873. The number of aliphatic carboxylic acids is 1. The molecule has 0 aliphatic rings. The lowest BCUT2D eigenvalue weighted by atomic mass is 10.0. The number of carboxylic acid groups (broad SMARTS) is 1. The third kappa shape index (κ3) is 1.90. The average molecular weight is 252 g/mol. The van der Waals surface area contributed by atoms with Gasteiger partial charge >= 0.3 is 11.7 Å². The number of benzene rings is 1. The van der Waals surface area contributed by atoms with Gasteiger partial charge in [-0.2, -0.15) is 0 Å². The number of H-pyrrole nitrogens is 1. The summed E-state index contributed by atoms with van der Waals surface area (Å²) in [6.07, 6.45) is 0. The number of carboxylic acids is 1. The van der Waals surface area contributed by atoms with E-state index in [9.17, 15) is 19.1 Å². The first kappa shape index (κ1) is 12.3. The molecule has 0 amide bonds. The van der Waals surface area contributed by atoms with Crippen molar-refractivity contribution in [3.63, 3.8) is 0 Å². The van der Waals surface area contributed by atoms with Crippen molar-refractivity contribution in [2.24, 2.45) is 5.92 Å². The molecule has 0 fully saturated rings. The number of fused-ring (bicyclic) bond motifs is 1. The van der Waals surface area contributed by atoms with Gasteiger partial charge in [-0.25, -0.2) is 14.0 Å². The molecule has 6 heteroatoms. The molecule has 0 spiro atoms. The summed E-state index contributed by atoms with van der Waals surface area (Å²) in [5, 5.41) is 9.21. The maximum atomic E-state index is 13.0. The van der Waals surface area contributed by atoms with Crippen LogP contribution in [0.15, 0.2) is 23.0 Å². The monoisotopic (exact) mass is 252 g/mol. The van der Waals surface area contributed by atoms with Crippen LogP contribution in [-0.2, 0) is 4.79 Å². The van der Waals surface area contributed by atoms with Gasteiger partial charge in [0.05, 0.1) is 11.0 Å². The van der Waals surface area contributed by atoms with Gasteiger partial charge in [-0.3, -0.25) is 4.57 Å². The molecule has 0 radical (unpaired) electrons. The van der Waals surface area contributed by atoms with Crippen molar-refractivity contribution >= 4 is 17.0 Å². The molecule has 0 aliphatic heterocycles. The van der Waals surface area contributed by atoms with Gasteiger partial charge < -0.3 is 10.1 Å². The summed E-state index contributed by atoms with van der Waals surface area (Å²) in [5.41, 5.74) is 0.145. The van der Waals surface area contributed by atoms with Crippen LogP contribution in [0.2, 0.25) is 0 Å². The van der Waals surface area contributed by atoms with Crippen molar-refractivity contribution in [3.8, 4) is 0 Å². The van der Waals surface area contributed by atoms with Crippen molar-refractivity contribution in [1.82, 2.24) is 9.55 Å². The van der Waals surface area contributed by atoms with Gasteiger partial charge in [0.15, 0.2) is 0 Å². The maximum Gasteiger partial charge on any atom is 0.327 e. The Morgan fingerprint density at radius 2 is 2.11 bits per heavy atom. The largest absolute Gasteiger partial charge is 0.480 e. The summed E-state index contributed by atoms with van der Waals surface area (Å²) in [6.45, 7) is 3.43. The van der Waals surface area contributed by atoms with E-state index in [2.05, 4.69) is 4.98 Å². The molecule has 0 aliphatic carbocycles. The summed E-state index contributed by atoms with van der Waals surface area (Å²) >= 11 is 0. The first-order chi connectivity index (χ1) is 8.41. The number of carbonyl (C=O) groups is 1. The molecule has 2 N–H and O–H groups in total. The molecule has 1 atom stereocenters. The Labute approximate surface area is 102 Å². The molecule has 96 valence electrons. The predicted octanol–water partition coefficient (Wildman–Crippen LogP) is 1.75. The molecule has 1 aromatic heterocycles. The van der Waals surface area contributed by atoms with E-state index < -0.39 is 23.5 Å². The number of rotatable bonds is 3. The fraction of sp³-hybridized carbons (Fsp3) is 0.333. The van der Waals surface area contributed by atoms with E-state index in [1.807, 2.05) is 0 Å². The van der Waals surface area contributed by atoms with Gasteiger partial charge in [0, 0.05) is 0 Å². The fourth-order valence-corrected chi connectivity index (χ4v) is 2.07. The van der Waals surface area contributed by atoms with E-state index in [1.165, 1.54) is 18.2 Å². The first-order valence-electron chi connectivity index (χ1n) is 5.54. The first-order valence-corrected chi connectivity index (χ1v) is 5.54. The summed E-state index contributed by atoms with van der Waals surface area (Å²) < 4.78 is 14.2. The van der Waals surface area contributed by atoms with Gasteiger partial charge in [-0.1, -0.05) is 13.8 Å². The Balaban J connectivity index is 2.73. The lowest BCUT2D eigenvalue weighted by molar-refractivity contribution is -0.142. The predicted molar refractivity (Wildman–Crippen MR) is 64.0 cm³/mol. The van der Waals surface area contributed by atoms with Crippen molar-refractivity contribution in [2.45, 2.75) is 19.9 Å². The number of aromatic nitrogens is 2. The Morgan fingerprint density at radius 1 is 1.44 bits per heavy atom. The highest BCUT2D eigenvalue weighted by Crippen LogP contribution is 2.22. The maximum absolute atomic E-state index is 13.0. The minimum atomic E-state index is -1.09. The molecule has 2 rings (SSSR count). The number of aromatic amines is 1. The van der Waals surface area contributed by atoms with E-state index in [0.717, 1.165) is 4.57 Å². The summed E-state index contributed by atoms with van der Waals surface area (Å²) in [5.74, 6) is -1.83. The Kier molecular flexibility index (Phi) is 2.94. The number of hydrogen-bond acceptors (Lipinski definition) is 2. The van der Waals surface area contributed by atoms with Crippen molar-refractivity contribution in [2.75, 3.05) is 0 Å². The van der Waals surface area contributed by atoms with Crippen molar-refractivity contribution < 1.29 is 14.3 Å². The van der Waals surface area contributed by atoms with Crippen molar-refractivity contribution in [1.29, 1.82) is 0 Å². The highest BCUT2D eigenvalue weighted by molar-refractivity contribution is 5.79. The molecular formula is C12H13FN2O3. The van der Waals surface area contributed by atoms with Crippen LogP contribution in [0.5, 0.6) is 0 Å². The van der Waals surface area contributed by atoms with E-state index in [-0.39, 0.29) is 5.92 Å². The topological polar surface area (TPSA) is 75.1 Å². The normalized spacial score (nSPS) is 13.1. The van der Waals surface area contributed by atoms with E-state index in [1.54, 1.807) is 13.8 Å². The molecule has 5 nitrogen and oxygen atoms in total. The van der Waals surface area contributed by atoms with Crippen molar-refractivity contribution in [3.05, 3.63) is 34.5 Å². The SMILES string of the molecule is CC(C)C(C(=O)O)n1c(=O)[nH]c2cc(F)ccc21. The Hall–Kier alpha value is -2.11. The molecular weight excluding hydrogens is 239 g/mol. The third-order valence-electron chi connectivity index (χ3n) is 2.84. The van der Waals surface area contributed by atoms with Gasteiger partial charge in [0.25, 0.3) is 0 Å². The van der Waals surface area contributed by atoms with Crippen LogP contribution >= 0.6 is 0 Å². The highest BCUT2D eigenvalue weighted by atomic mass is 19.1. The number of nitrogens with zero attached hydrogens (tertiary/aromatic N) is 1. The summed E-state index contributed by atoms with van der Waals surface area (Å²) in [6, 6.07) is 2.80. The smallest absolute Gasteiger partial charge is 0.327 e. The second-order valence-corrected chi connectivity index (χ2v) is 4.49. The van der Waals surface area contributed by atoms with E-state index in [0.29, 0.717) is 11.0 Å². The van der Waals surface area contributed by atoms with Crippen LogP contribution in [0.4, 0.5) is 4.39 Å². The van der Waals surface area contributed by atoms with Gasteiger partial charge in [0.2, 0.25) is 0 Å². The van der Waals surface area contributed by atoms with Crippen LogP contribution in [0, 0.1) is 11.7 Å². The zero-order chi connectivity index (χ0) is 13.4. The van der Waals surface area contributed by atoms with Crippen LogP contribution in [0.1, 0.15) is 19.9 Å². The van der Waals surface area contributed by atoms with E-state index >= 15 is 0 Å². The second-order valence-electron chi connectivity index (χ2n) is 4.49. The molecule has 0 saturated heterocycles. The van der Waals surface area contributed by atoms with Crippen LogP contribution in [0.3, 0.4) is 0 Å². The van der Waals surface area contributed by atoms with Crippen LogP contribution < -0.4 is 5.69 Å². The third-order valence-corrected chi connectivity index (χ3v) is 2.84.